The molecule has 21 heavy (non-hydrogen) atoms. The summed E-state index contributed by atoms with van der Waals surface area (Å²) in [5.74, 6) is -1.15. The summed E-state index contributed by atoms with van der Waals surface area (Å²) < 4.78 is 4.77. The van der Waals surface area contributed by atoms with E-state index >= 15 is 0 Å². The van der Waals surface area contributed by atoms with E-state index in [0.29, 0.717) is 0 Å². The predicted molar refractivity (Wildman–Crippen MR) is 81.6 cm³/mol. The summed E-state index contributed by atoms with van der Waals surface area (Å²) in [5, 5.41) is 2.77. The Morgan fingerprint density at radius 2 is 1.90 bits per heavy atom. The van der Waals surface area contributed by atoms with Gasteiger partial charge in [-0.3, -0.25) is 4.79 Å². The SMILES string of the molecule is CCC(C)C(NC(=O)C(CN)c1ccccc1)C(=O)OC. The fourth-order valence-electron chi connectivity index (χ4n) is 2.13. The smallest absolute Gasteiger partial charge is 0.328 e. The van der Waals surface area contributed by atoms with Crippen LogP contribution in [0.4, 0.5) is 0 Å². The van der Waals surface area contributed by atoms with Crippen molar-refractivity contribution in [3.63, 3.8) is 0 Å². The maximum Gasteiger partial charge on any atom is 0.328 e. The Morgan fingerprint density at radius 1 is 1.29 bits per heavy atom. The molecule has 0 aliphatic rings. The lowest BCUT2D eigenvalue weighted by atomic mass is 9.95. The van der Waals surface area contributed by atoms with Crippen molar-refractivity contribution < 1.29 is 14.3 Å². The molecular formula is C16H24N2O3. The summed E-state index contributed by atoms with van der Waals surface area (Å²) in [6.45, 7) is 4.05. The normalized spacial score (nSPS) is 14.9. The van der Waals surface area contributed by atoms with E-state index in [1.807, 2.05) is 44.2 Å². The zero-order chi connectivity index (χ0) is 15.8. The van der Waals surface area contributed by atoms with Crippen molar-refractivity contribution in [3.05, 3.63) is 35.9 Å². The minimum atomic E-state index is -0.648. The number of carbonyl (C=O) groups excluding carboxylic acids is 2. The summed E-state index contributed by atoms with van der Waals surface area (Å²) in [7, 11) is 1.32. The summed E-state index contributed by atoms with van der Waals surface area (Å²) in [6, 6.07) is 8.66. The lowest BCUT2D eigenvalue weighted by Crippen LogP contribution is -2.48. The van der Waals surface area contributed by atoms with Gasteiger partial charge in [0.05, 0.1) is 13.0 Å². The third-order valence-corrected chi connectivity index (χ3v) is 3.72. The van der Waals surface area contributed by atoms with Gasteiger partial charge in [-0.2, -0.15) is 0 Å². The highest BCUT2D eigenvalue weighted by atomic mass is 16.5. The molecule has 3 atom stereocenters. The summed E-state index contributed by atoms with van der Waals surface area (Å²) in [5.41, 5.74) is 6.56. The highest BCUT2D eigenvalue weighted by molar-refractivity contribution is 5.88. The molecule has 0 saturated carbocycles. The lowest BCUT2D eigenvalue weighted by Gasteiger charge is -2.24. The van der Waals surface area contributed by atoms with Crippen molar-refractivity contribution in [1.29, 1.82) is 0 Å². The molecule has 0 spiro atoms. The van der Waals surface area contributed by atoms with E-state index in [2.05, 4.69) is 5.32 Å². The van der Waals surface area contributed by atoms with E-state index < -0.39 is 17.9 Å². The second kappa shape index (κ2) is 8.42. The molecule has 1 rings (SSSR count). The van der Waals surface area contributed by atoms with Crippen LogP contribution in [0, 0.1) is 5.92 Å². The van der Waals surface area contributed by atoms with Gasteiger partial charge in [-0.1, -0.05) is 50.6 Å². The Balaban J connectivity index is 2.87. The van der Waals surface area contributed by atoms with Crippen molar-refractivity contribution in [1.82, 2.24) is 5.32 Å². The largest absolute Gasteiger partial charge is 0.467 e. The summed E-state index contributed by atoms with van der Waals surface area (Å²) in [4.78, 5) is 24.3. The molecule has 3 unspecified atom stereocenters. The first-order chi connectivity index (χ1) is 10.0. The van der Waals surface area contributed by atoms with Crippen LogP contribution >= 0.6 is 0 Å². The average molecular weight is 292 g/mol. The van der Waals surface area contributed by atoms with E-state index in [1.165, 1.54) is 7.11 Å². The van der Waals surface area contributed by atoms with Gasteiger partial charge in [0, 0.05) is 6.54 Å². The molecule has 5 nitrogen and oxygen atoms in total. The number of esters is 1. The van der Waals surface area contributed by atoms with E-state index in [4.69, 9.17) is 10.5 Å². The number of hydrogen-bond donors (Lipinski definition) is 2. The average Bonchev–Trinajstić information content (AvgIpc) is 2.52. The lowest BCUT2D eigenvalue weighted by molar-refractivity contribution is -0.146. The topological polar surface area (TPSA) is 81.4 Å². The van der Waals surface area contributed by atoms with Gasteiger partial charge >= 0.3 is 5.97 Å². The zero-order valence-corrected chi connectivity index (χ0v) is 12.8. The standard InChI is InChI=1S/C16H24N2O3/c1-4-11(2)14(16(20)21-3)18-15(19)13(10-17)12-8-6-5-7-9-12/h5-9,11,13-14H,4,10,17H2,1-3H3,(H,18,19). The van der Waals surface area contributed by atoms with Crippen molar-refractivity contribution in [3.8, 4) is 0 Å². The molecule has 1 aromatic carbocycles. The molecule has 116 valence electrons. The molecule has 1 aromatic rings. The Hall–Kier alpha value is -1.88. The first kappa shape index (κ1) is 17.2. The first-order valence-electron chi connectivity index (χ1n) is 7.18. The van der Waals surface area contributed by atoms with Crippen LogP contribution in [0.1, 0.15) is 31.7 Å². The molecule has 1 amide bonds. The number of nitrogens with one attached hydrogen (secondary N) is 1. The molecule has 3 N–H and O–H groups in total. The van der Waals surface area contributed by atoms with Crippen LogP contribution < -0.4 is 11.1 Å². The first-order valence-corrected chi connectivity index (χ1v) is 7.18. The summed E-state index contributed by atoms with van der Waals surface area (Å²) >= 11 is 0. The van der Waals surface area contributed by atoms with Crippen LogP contribution in [0.5, 0.6) is 0 Å². The maximum absolute atomic E-state index is 12.4. The second-order valence-electron chi connectivity index (χ2n) is 5.09. The molecule has 0 aliphatic carbocycles. The third-order valence-electron chi connectivity index (χ3n) is 3.72. The van der Waals surface area contributed by atoms with Gasteiger partial charge in [0.25, 0.3) is 0 Å². The third kappa shape index (κ3) is 4.56. The van der Waals surface area contributed by atoms with E-state index in [1.54, 1.807) is 0 Å². The van der Waals surface area contributed by atoms with Crippen LogP contribution in [-0.2, 0) is 14.3 Å². The fourth-order valence-corrected chi connectivity index (χ4v) is 2.13. The Bertz CT molecular complexity index is 462. The van der Waals surface area contributed by atoms with Crippen LogP contribution in [-0.4, -0.2) is 31.6 Å². The van der Waals surface area contributed by atoms with Gasteiger partial charge in [-0.05, 0) is 11.5 Å². The Morgan fingerprint density at radius 3 is 2.38 bits per heavy atom. The molecule has 0 bridgehead atoms. The van der Waals surface area contributed by atoms with Crippen LogP contribution in [0.2, 0.25) is 0 Å². The number of carbonyl (C=O) groups is 2. The number of methoxy groups -OCH3 is 1. The Labute approximate surface area is 125 Å². The molecule has 0 aromatic heterocycles. The number of rotatable bonds is 7. The second-order valence-corrected chi connectivity index (χ2v) is 5.09. The molecule has 0 heterocycles. The minimum absolute atomic E-state index is 0.00408. The van der Waals surface area contributed by atoms with Crippen molar-refractivity contribution in [2.45, 2.75) is 32.2 Å². The fraction of sp³-hybridized carbons (Fsp3) is 0.500. The maximum atomic E-state index is 12.4. The molecule has 0 aliphatic heterocycles. The highest BCUT2D eigenvalue weighted by Crippen LogP contribution is 2.16. The number of nitrogens with two attached hydrogens (primary N) is 1. The van der Waals surface area contributed by atoms with Crippen molar-refractivity contribution in [2.24, 2.45) is 11.7 Å². The van der Waals surface area contributed by atoms with Crippen molar-refractivity contribution in [2.75, 3.05) is 13.7 Å². The van der Waals surface area contributed by atoms with Gasteiger partial charge in [0.1, 0.15) is 6.04 Å². The number of hydrogen-bond acceptors (Lipinski definition) is 4. The van der Waals surface area contributed by atoms with Gasteiger partial charge in [-0.15, -0.1) is 0 Å². The minimum Gasteiger partial charge on any atom is -0.467 e. The summed E-state index contributed by atoms with van der Waals surface area (Å²) in [6.07, 6.45) is 0.763. The molecule has 0 saturated heterocycles. The van der Waals surface area contributed by atoms with Crippen molar-refractivity contribution >= 4 is 11.9 Å². The number of amides is 1. The molecule has 5 heteroatoms. The van der Waals surface area contributed by atoms with Crippen LogP contribution in [0.3, 0.4) is 0 Å². The van der Waals surface area contributed by atoms with Gasteiger partial charge < -0.3 is 15.8 Å². The van der Waals surface area contributed by atoms with Crippen LogP contribution in [0.25, 0.3) is 0 Å². The molecule has 0 fully saturated rings. The van der Waals surface area contributed by atoms with E-state index in [-0.39, 0.29) is 18.4 Å². The molecule has 0 radical (unpaired) electrons. The monoisotopic (exact) mass is 292 g/mol. The number of ether oxygens (including phenoxy) is 1. The van der Waals surface area contributed by atoms with Gasteiger partial charge in [0.15, 0.2) is 0 Å². The van der Waals surface area contributed by atoms with Crippen LogP contribution in [0.15, 0.2) is 30.3 Å². The quantitative estimate of drug-likeness (QED) is 0.745. The highest BCUT2D eigenvalue weighted by Gasteiger charge is 2.29. The van der Waals surface area contributed by atoms with Gasteiger partial charge in [-0.25, -0.2) is 4.79 Å². The van der Waals surface area contributed by atoms with E-state index in [0.717, 1.165) is 12.0 Å². The molecular weight excluding hydrogens is 268 g/mol. The zero-order valence-electron chi connectivity index (χ0n) is 12.8. The number of benzene rings is 1. The van der Waals surface area contributed by atoms with E-state index in [9.17, 15) is 9.59 Å². The van der Waals surface area contributed by atoms with Gasteiger partial charge in [0.2, 0.25) is 5.91 Å². The Kier molecular flexibility index (Phi) is 6.88. The predicted octanol–water partition coefficient (Wildman–Crippen LogP) is 1.43.